The van der Waals surface area contributed by atoms with Gasteiger partial charge in [0.15, 0.2) is 5.25 Å². The highest BCUT2D eigenvalue weighted by Gasteiger charge is 2.35. The Morgan fingerprint density at radius 1 is 1.21 bits per heavy atom. The lowest BCUT2D eigenvalue weighted by molar-refractivity contribution is -0.136. The first kappa shape index (κ1) is 18.6. The van der Waals surface area contributed by atoms with E-state index in [-0.39, 0.29) is 10.8 Å². The van der Waals surface area contributed by atoms with Crippen LogP contribution >= 0.6 is 11.3 Å². The molecule has 0 radical (unpaired) electrons. The molecule has 130 valence electrons. The van der Waals surface area contributed by atoms with E-state index in [1.807, 2.05) is 37.3 Å². The number of benzene rings is 1. The van der Waals surface area contributed by atoms with Crippen molar-refractivity contribution >= 4 is 27.1 Å². The van der Waals surface area contributed by atoms with Crippen LogP contribution in [0, 0.1) is 0 Å². The second-order valence-electron chi connectivity index (χ2n) is 5.59. The molecule has 0 aliphatic rings. The summed E-state index contributed by atoms with van der Waals surface area (Å²) in [6.07, 6.45) is 3.53. The molecule has 0 fully saturated rings. The van der Waals surface area contributed by atoms with Gasteiger partial charge in [-0.15, -0.1) is 11.3 Å². The molecular weight excluding hydrogens is 346 g/mol. The highest BCUT2D eigenvalue weighted by atomic mass is 32.2. The first-order chi connectivity index (χ1) is 11.5. The molecule has 1 N–H and O–H groups in total. The summed E-state index contributed by atoms with van der Waals surface area (Å²) in [4.78, 5) is 15.6. The molecule has 1 unspecified atom stereocenters. The number of carboxylic acid groups (broad SMARTS) is 1. The van der Waals surface area contributed by atoms with Gasteiger partial charge in [-0.3, -0.25) is 4.79 Å². The standard InChI is InChI=1S/C17H21NO4S2/c1-2-3-4-8-11-15(16(19)20)24(21,22)17-18-14(12-23-17)13-9-6-5-7-10-13/h5-7,9-10,12,15H,2-4,8,11H2,1H3,(H,19,20). The molecule has 0 aliphatic heterocycles. The number of sulfone groups is 1. The van der Waals surface area contributed by atoms with Gasteiger partial charge in [0, 0.05) is 10.9 Å². The minimum Gasteiger partial charge on any atom is -0.480 e. The predicted molar refractivity (Wildman–Crippen MR) is 94.9 cm³/mol. The Morgan fingerprint density at radius 2 is 1.92 bits per heavy atom. The van der Waals surface area contributed by atoms with E-state index in [0.717, 1.165) is 36.2 Å². The maximum Gasteiger partial charge on any atom is 0.322 e. The second-order valence-corrected chi connectivity index (χ2v) is 8.75. The highest BCUT2D eigenvalue weighted by Crippen LogP contribution is 2.28. The zero-order valence-corrected chi connectivity index (χ0v) is 15.1. The summed E-state index contributed by atoms with van der Waals surface area (Å²) in [7, 11) is -3.97. The van der Waals surface area contributed by atoms with E-state index in [1.165, 1.54) is 0 Å². The lowest BCUT2D eigenvalue weighted by Gasteiger charge is -2.11. The van der Waals surface area contributed by atoms with Crippen LogP contribution in [0.4, 0.5) is 0 Å². The number of nitrogens with zero attached hydrogens (tertiary/aromatic N) is 1. The highest BCUT2D eigenvalue weighted by molar-refractivity contribution is 7.94. The Kier molecular flexibility index (Phi) is 6.51. The molecule has 0 spiro atoms. The molecule has 1 atom stereocenters. The Morgan fingerprint density at radius 3 is 2.54 bits per heavy atom. The number of aliphatic carboxylic acids is 1. The van der Waals surface area contributed by atoms with E-state index in [2.05, 4.69) is 4.98 Å². The van der Waals surface area contributed by atoms with E-state index in [4.69, 9.17) is 0 Å². The fraction of sp³-hybridized carbons (Fsp3) is 0.412. The molecule has 0 amide bonds. The SMILES string of the molecule is CCCCCCC(C(=O)O)S(=O)(=O)c1nc(-c2ccccc2)cs1. The molecule has 0 saturated heterocycles. The van der Waals surface area contributed by atoms with Gasteiger partial charge in [0.2, 0.25) is 14.2 Å². The van der Waals surface area contributed by atoms with Gasteiger partial charge < -0.3 is 5.11 Å². The van der Waals surface area contributed by atoms with Crippen LogP contribution in [0.25, 0.3) is 11.3 Å². The van der Waals surface area contributed by atoms with Crippen molar-refractivity contribution in [2.45, 2.75) is 48.6 Å². The third kappa shape index (κ3) is 4.42. The average Bonchev–Trinajstić information content (AvgIpc) is 3.06. The molecule has 0 aliphatic carbocycles. The van der Waals surface area contributed by atoms with Crippen molar-refractivity contribution in [3.8, 4) is 11.3 Å². The fourth-order valence-electron chi connectivity index (χ4n) is 2.42. The molecule has 1 heterocycles. The maximum absolute atomic E-state index is 12.6. The Labute approximate surface area is 146 Å². The lowest BCUT2D eigenvalue weighted by atomic mass is 10.1. The van der Waals surface area contributed by atoms with Gasteiger partial charge in [-0.2, -0.15) is 0 Å². The smallest absolute Gasteiger partial charge is 0.322 e. The third-order valence-electron chi connectivity index (χ3n) is 3.77. The van der Waals surface area contributed by atoms with Gasteiger partial charge in [-0.05, 0) is 6.42 Å². The number of unbranched alkanes of at least 4 members (excludes halogenated alkanes) is 3. The van der Waals surface area contributed by atoms with Gasteiger partial charge >= 0.3 is 5.97 Å². The number of carboxylic acids is 1. The largest absolute Gasteiger partial charge is 0.480 e. The van der Waals surface area contributed by atoms with Gasteiger partial charge in [0.1, 0.15) is 0 Å². The summed E-state index contributed by atoms with van der Waals surface area (Å²) < 4.78 is 25.2. The Balaban J connectivity index is 2.21. The van der Waals surface area contributed by atoms with Crippen LogP contribution in [0.5, 0.6) is 0 Å². The van der Waals surface area contributed by atoms with Crippen LogP contribution in [0.1, 0.15) is 39.0 Å². The zero-order valence-electron chi connectivity index (χ0n) is 13.5. The maximum atomic E-state index is 12.6. The van der Waals surface area contributed by atoms with Crippen LogP contribution in [-0.2, 0) is 14.6 Å². The quantitative estimate of drug-likeness (QED) is 0.677. The molecule has 2 rings (SSSR count). The molecule has 7 heteroatoms. The third-order valence-corrected chi connectivity index (χ3v) is 7.15. The van der Waals surface area contributed by atoms with Crippen molar-refractivity contribution in [2.24, 2.45) is 0 Å². The predicted octanol–water partition coefficient (Wildman–Crippen LogP) is 4.01. The molecule has 24 heavy (non-hydrogen) atoms. The first-order valence-electron chi connectivity index (χ1n) is 7.94. The van der Waals surface area contributed by atoms with Gasteiger partial charge in [0.25, 0.3) is 0 Å². The first-order valence-corrected chi connectivity index (χ1v) is 10.4. The van der Waals surface area contributed by atoms with Crippen LogP contribution < -0.4 is 0 Å². The topological polar surface area (TPSA) is 84.3 Å². The molecule has 5 nitrogen and oxygen atoms in total. The van der Waals surface area contributed by atoms with Crippen molar-refractivity contribution in [3.05, 3.63) is 35.7 Å². The van der Waals surface area contributed by atoms with Crippen molar-refractivity contribution in [1.82, 2.24) is 4.98 Å². The summed E-state index contributed by atoms with van der Waals surface area (Å²) in [5.74, 6) is -1.30. The van der Waals surface area contributed by atoms with Crippen LogP contribution in [-0.4, -0.2) is 29.7 Å². The van der Waals surface area contributed by atoms with Crippen molar-refractivity contribution in [1.29, 1.82) is 0 Å². The summed E-state index contributed by atoms with van der Waals surface area (Å²) in [5, 5.41) is 9.57. The van der Waals surface area contributed by atoms with E-state index in [1.54, 1.807) is 5.38 Å². The van der Waals surface area contributed by atoms with Crippen molar-refractivity contribution in [2.75, 3.05) is 0 Å². The average molecular weight is 367 g/mol. The number of carbonyl (C=O) groups is 1. The molecular formula is C17H21NO4S2. The minimum absolute atomic E-state index is 0.121. The van der Waals surface area contributed by atoms with Crippen LogP contribution in [0.15, 0.2) is 40.1 Å². The van der Waals surface area contributed by atoms with Gasteiger partial charge in [-0.25, -0.2) is 13.4 Å². The molecule has 2 aromatic rings. The summed E-state index contributed by atoms with van der Waals surface area (Å²) in [6.45, 7) is 2.05. The second kappa shape index (κ2) is 8.39. The summed E-state index contributed by atoms with van der Waals surface area (Å²) in [6, 6.07) is 9.23. The van der Waals surface area contributed by atoms with Gasteiger partial charge in [-0.1, -0.05) is 62.9 Å². The van der Waals surface area contributed by atoms with E-state index >= 15 is 0 Å². The number of hydrogen-bond acceptors (Lipinski definition) is 5. The number of hydrogen-bond donors (Lipinski definition) is 1. The summed E-state index contributed by atoms with van der Waals surface area (Å²) in [5.41, 5.74) is 1.36. The number of aromatic nitrogens is 1. The monoisotopic (exact) mass is 367 g/mol. The molecule has 0 saturated carbocycles. The Hall–Kier alpha value is -1.73. The van der Waals surface area contributed by atoms with Crippen LogP contribution in [0.3, 0.4) is 0 Å². The molecule has 1 aromatic carbocycles. The van der Waals surface area contributed by atoms with Crippen molar-refractivity contribution < 1.29 is 18.3 Å². The molecule has 1 aromatic heterocycles. The van der Waals surface area contributed by atoms with E-state index in [9.17, 15) is 18.3 Å². The molecule has 0 bridgehead atoms. The number of thiazole rings is 1. The Bertz CT molecular complexity index is 769. The summed E-state index contributed by atoms with van der Waals surface area (Å²) >= 11 is 0.978. The normalized spacial score (nSPS) is 12.9. The zero-order chi connectivity index (χ0) is 17.6. The minimum atomic E-state index is -3.97. The van der Waals surface area contributed by atoms with Gasteiger partial charge in [0.05, 0.1) is 5.69 Å². The van der Waals surface area contributed by atoms with Crippen LogP contribution in [0.2, 0.25) is 0 Å². The number of rotatable bonds is 9. The van der Waals surface area contributed by atoms with E-state index < -0.39 is 21.1 Å². The van der Waals surface area contributed by atoms with E-state index in [0.29, 0.717) is 12.1 Å². The van der Waals surface area contributed by atoms with Crippen molar-refractivity contribution in [3.63, 3.8) is 0 Å². The lowest BCUT2D eigenvalue weighted by Crippen LogP contribution is -2.30. The fourth-order valence-corrected chi connectivity index (χ4v) is 5.21.